The molecule has 15 heavy (non-hydrogen) atoms. The molecule has 0 aromatic heterocycles. The summed E-state index contributed by atoms with van der Waals surface area (Å²) in [7, 11) is 2.09. The van der Waals surface area contributed by atoms with E-state index in [1.165, 1.54) is 5.56 Å². The van der Waals surface area contributed by atoms with E-state index in [0.717, 1.165) is 19.5 Å². The van der Waals surface area contributed by atoms with E-state index in [1.807, 2.05) is 12.1 Å². The maximum atomic E-state index is 5.93. The molecule has 1 aromatic rings. The Bertz CT molecular complexity index is 282. The van der Waals surface area contributed by atoms with Crippen molar-refractivity contribution in [1.29, 1.82) is 0 Å². The van der Waals surface area contributed by atoms with Gasteiger partial charge in [0.25, 0.3) is 0 Å². The van der Waals surface area contributed by atoms with Crippen LogP contribution in [0.5, 0.6) is 0 Å². The number of hydrogen-bond donors (Lipinski definition) is 1. The van der Waals surface area contributed by atoms with Crippen molar-refractivity contribution in [3.63, 3.8) is 0 Å². The zero-order chi connectivity index (χ0) is 11.1. The fourth-order valence-corrected chi connectivity index (χ4v) is 1.65. The SMILES string of the molecule is C=CCC(N)CN(C)Cc1ccccc1. The van der Waals surface area contributed by atoms with E-state index in [-0.39, 0.29) is 6.04 Å². The van der Waals surface area contributed by atoms with Gasteiger partial charge in [0, 0.05) is 19.1 Å². The Morgan fingerprint density at radius 1 is 1.40 bits per heavy atom. The van der Waals surface area contributed by atoms with Crippen LogP contribution in [0.3, 0.4) is 0 Å². The van der Waals surface area contributed by atoms with Crippen molar-refractivity contribution in [2.45, 2.75) is 19.0 Å². The predicted molar refractivity (Wildman–Crippen MR) is 65.6 cm³/mol. The molecule has 1 atom stereocenters. The number of rotatable bonds is 6. The van der Waals surface area contributed by atoms with Crippen molar-refractivity contribution < 1.29 is 0 Å². The van der Waals surface area contributed by atoms with Gasteiger partial charge in [-0.15, -0.1) is 6.58 Å². The third kappa shape index (κ3) is 4.77. The second-order valence-corrected chi connectivity index (χ2v) is 3.97. The van der Waals surface area contributed by atoms with Crippen LogP contribution in [0, 0.1) is 0 Å². The van der Waals surface area contributed by atoms with E-state index in [0.29, 0.717) is 0 Å². The molecule has 0 aliphatic carbocycles. The van der Waals surface area contributed by atoms with Crippen molar-refractivity contribution in [3.8, 4) is 0 Å². The summed E-state index contributed by atoms with van der Waals surface area (Å²) in [5, 5.41) is 0. The average molecular weight is 204 g/mol. The summed E-state index contributed by atoms with van der Waals surface area (Å²) >= 11 is 0. The highest BCUT2D eigenvalue weighted by Gasteiger charge is 2.05. The fraction of sp³-hybridized carbons (Fsp3) is 0.385. The molecule has 0 aliphatic heterocycles. The average Bonchev–Trinajstić information content (AvgIpc) is 2.19. The Labute approximate surface area is 92.4 Å². The van der Waals surface area contributed by atoms with Gasteiger partial charge in [0.2, 0.25) is 0 Å². The zero-order valence-electron chi connectivity index (χ0n) is 9.39. The number of nitrogens with two attached hydrogens (primary N) is 1. The van der Waals surface area contributed by atoms with Gasteiger partial charge >= 0.3 is 0 Å². The summed E-state index contributed by atoms with van der Waals surface area (Å²) in [6, 6.07) is 10.6. The van der Waals surface area contributed by atoms with Gasteiger partial charge in [-0.25, -0.2) is 0 Å². The first-order valence-electron chi connectivity index (χ1n) is 5.31. The van der Waals surface area contributed by atoms with E-state index in [9.17, 15) is 0 Å². The molecule has 2 N–H and O–H groups in total. The minimum atomic E-state index is 0.191. The number of likely N-dealkylation sites (N-methyl/N-ethyl adjacent to an activating group) is 1. The minimum absolute atomic E-state index is 0.191. The lowest BCUT2D eigenvalue weighted by Crippen LogP contribution is -2.34. The van der Waals surface area contributed by atoms with E-state index >= 15 is 0 Å². The molecule has 1 rings (SSSR count). The molecule has 82 valence electrons. The van der Waals surface area contributed by atoms with Crippen molar-refractivity contribution >= 4 is 0 Å². The summed E-state index contributed by atoms with van der Waals surface area (Å²) in [5.74, 6) is 0. The van der Waals surface area contributed by atoms with E-state index in [4.69, 9.17) is 5.73 Å². The molecule has 0 heterocycles. The quantitative estimate of drug-likeness (QED) is 0.718. The Kier molecular flexibility index (Phi) is 5.08. The van der Waals surface area contributed by atoms with Gasteiger partial charge in [0.15, 0.2) is 0 Å². The Morgan fingerprint density at radius 3 is 2.67 bits per heavy atom. The Hall–Kier alpha value is -1.12. The van der Waals surface area contributed by atoms with Gasteiger partial charge in [-0.2, -0.15) is 0 Å². The molecular weight excluding hydrogens is 184 g/mol. The standard InChI is InChI=1S/C13H20N2/c1-3-7-13(14)11-15(2)10-12-8-5-4-6-9-12/h3-6,8-9,13H,1,7,10-11,14H2,2H3. The monoisotopic (exact) mass is 204 g/mol. The molecule has 0 amide bonds. The lowest BCUT2D eigenvalue weighted by Gasteiger charge is -2.20. The molecular formula is C13H20N2. The highest BCUT2D eigenvalue weighted by molar-refractivity contribution is 5.14. The van der Waals surface area contributed by atoms with Gasteiger partial charge in [0.05, 0.1) is 0 Å². The summed E-state index contributed by atoms with van der Waals surface area (Å²) < 4.78 is 0. The van der Waals surface area contributed by atoms with Crippen molar-refractivity contribution in [2.24, 2.45) is 5.73 Å². The van der Waals surface area contributed by atoms with Gasteiger partial charge in [-0.3, -0.25) is 0 Å². The first kappa shape index (κ1) is 12.0. The van der Waals surface area contributed by atoms with E-state index in [2.05, 4.69) is 42.8 Å². The summed E-state index contributed by atoms with van der Waals surface area (Å²) in [6.07, 6.45) is 2.75. The molecule has 2 heteroatoms. The Morgan fingerprint density at radius 2 is 2.07 bits per heavy atom. The topological polar surface area (TPSA) is 29.3 Å². The van der Waals surface area contributed by atoms with Crippen LogP contribution in [0.15, 0.2) is 43.0 Å². The highest BCUT2D eigenvalue weighted by Crippen LogP contribution is 2.03. The minimum Gasteiger partial charge on any atom is -0.326 e. The molecule has 0 spiro atoms. The highest BCUT2D eigenvalue weighted by atomic mass is 15.1. The molecule has 0 saturated carbocycles. The van der Waals surface area contributed by atoms with Gasteiger partial charge < -0.3 is 10.6 Å². The number of nitrogens with zero attached hydrogens (tertiary/aromatic N) is 1. The molecule has 1 aromatic carbocycles. The molecule has 0 fully saturated rings. The van der Waals surface area contributed by atoms with Crippen LogP contribution in [-0.2, 0) is 6.54 Å². The molecule has 0 radical (unpaired) electrons. The predicted octanol–water partition coefficient (Wildman–Crippen LogP) is 2.02. The molecule has 0 bridgehead atoms. The van der Waals surface area contributed by atoms with Crippen LogP contribution < -0.4 is 5.73 Å². The van der Waals surface area contributed by atoms with E-state index < -0.39 is 0 Å². The van der Waals surface area contributed by atoms with Crippen LogP contribution in [0.4, 0.5) is 0 Å². The van der Waals surface area contributed by atoms with Gasteiger partial charge in [-0.05, 0) is 19.0 Å². The third-order valence-electron chi connectivity index (χ3n) is 2.31. The van der Waals surface area contributed by atoms with Crippen LogP contribution >= 0.6 is 0 Å². The maximum absolute atomic E-state index is 5.93. The van der Waals surface area contributed by atoms with Gasteiger partial charge in [0.1, 0.15) is 0 Å². The molecule has 1 unspecified atom stereocenters. The lowest BCUT2D eigenvalue weighted by atomic mass is 10.2. The zero-order valence-corrected chi connectivity index (χ0v) is 9.39. The summed E-state index contributed by atoms with van der Waals surface area (Å²) in [5.41, 5.74) is 7.25. The first-order valence-corrected chi connectivity index (χ1v) is 5.31. The van der Waals surface area contributed by atoms with Crippen LogP contribution in [-0.4, -0.2) is 24.5 Å². The van der Waals surface area contributed by atoms with Crippen LogP contribution in [0.2, 0.25) is 0 Å². The Balaban J connectivity index is 2.36. The molecule has 0 aliphatic rings. The second kappa shape index (κ2) is 6.38. The van der Waals surface area contributed by atoms with Gasteiger partial charge in [-0.1, -0.05) is 36.4 Å². The van der Waals surface area contributed by atoms with Crippen LogP contribution in [0.25, 0.3) is 0 Å². The van der Waals surface area contributed by atoms with Crippen molar-refractivity contribution in [2.75, 3.05) is 13.6 Å². The third-order valence-corrected chi connectivity index (χ3v) is 2.31. The summed E-state index contributed by atoms with van der Waals surface area (Å²) in [4.78, 5) is 2.24. The van der Waals surface area contributed by atoms with E-state index in [1.54, 1.807) is 0 Å². The molecule has 2 nitrogen and oxygen atoms in total. The molecule has 0 saturated heterocycles. The largest absolute Gasteiger partial charge is 0.326 e. The summed E-state index contributed by atoms with van der Waals surface area (Å²) in [6.45, 7) is 5.55. The maximum Gasteiger partial charge on any atom is 0.0231 e. The van der Waals surface area contributed by atoms with Crippen molar-refractivity contribution in [3.05, 3.63) is 48.6 Å². The number of hydrogen-bond acceptors (Lipinski definition) is 2. The fourth-order valence-electron chi connectivity index (χ4n) is 1.65. The lowest BCUT2D eigenvalue weighted by molar-refractivity contribution is 0.304. The van der Waals surface area contributed by atoms with Crippen molar-refractivity contribution in [1.82, 2.24) is 4.90 Å². The van der Waals surface area contributed by atoms with Crippen LogP contribution in [0.1, 0.15) is 12.0 Å². The first-order chi connectivity index (χ1) is 7.22. The smallest absolute Gasteiger partial charge is 0.0231 e. The normalized spacial score (nSPS) is 12.7. The number of benzene rings is 1. The second-order valence-electron chi connectivity index (χ2n) is 3.97.